The molecule has 1 unspecified atom stereocenters. The molecular weight excluding hydrogens is 174 g/mol. The zero-order valence-electron chi connectivity index (χ0n) is 8.54. The molecule has 2 aromatic rings. The lowest BCUT2D eigenvalue weighted by molar-refractivity contribution is 0.722. The first-order valence-corrected chi connectivity index (χ1v) is 4.86. The van der Waals surface area contributed by atoms with Gasteiger partial charge in [0, 0.05) is 23.5 Å². The Kier molecular flexibility index (Phi) is 2.25. The van der Waals surface area contributed by atoms with Crippen molar-refractivity contribution in [1.29, 1.82) is 0 Å². The number of H-pyrrole nitrogens is 1. The highest BCUT2D eigenvalue weighted by atomic mass is 15.1. The molecule has 74 valence electrons. The van der Waals surface area contributed by atoms with Crippen LogP contribution >= 0.6 is 0 Å². The first-order chi connectivity index (χ1) is 6.68. The van der Waals surface area contributed by atoms with E-state index in [1.54, 1.807) is 0 Å². The molecule has 1 heterocycles. The van der Waals surface area contributed by atoms with Crippen molar-refractivity contribution in [3.8, 4) is 0 Å². The third-order valence-electron chi connectivity index (χ3n) is 2.39. The normalized spacial score (nSPS) is 13.4. The van der Waals surface area contributed by atoms with Gasteiger partial charge in [-0.15, -0.1) is 0 Å². The van der Waals surface area contributed by atoms with Gasteiger partial charge in [0.25, 0.3) is 0 Å². The van der Waals surface area contributed by atoms with Crippen LogP contribution in [0.15, 0.2) is 18.2 Å². The second kappa shape index (κ2) is 3.42. The summed E-state index contributed by atoms with van der Waals surface area (Å²) in [5, 5.41) is 8.53. The molecule has 0 saturated heterocycles. The van der Waals surface area contributed by atoms with Crippen LogP contribution in [0.3, 0.4) is 0 Å². The van der Waals surface area contributed by atoms with E-state index in [9.17, 15) is 0 Å². The van der Waals surface area contributed by atoms with Crippen molar-refractivity contribution >= 4 is 10.9 Å². The van der Waals surface area contributed by atoms with E-state index < -0.39 is 0 Å². The molecule has 0 aliphatic carbocycles. The number of aromatic amines is 1. The predicted molar refractivity (Wildman–Crippen MR) is 58.2 cm³/mol. The molecular formula is C11H15N3. The quantitative estimate of drug-likeness (QED) is 0.756. The number of hydrogen-bond acceptors (Lipinski definition) is 2. The molecule has 0 bridgehead atoms. The Morgan fingerprint density at radius 2 is 2.29 bits per heavy atom. The zero-order chi connectivity index (χ0) is 10.1. The number of aromatic nitrogens is 2. The van der Waals surface area contributed by atoms with E-state index in [4.69, 9.17) is 5.73 Å². The fourth-order valence-electron chi connectivity index (χ4n) is 1.79. The first-order valence-electron chi connectivity index (χ1n) is 4.86. The van der Waals surface area contributed by atoms with Crippen LogP contribution in [0.4, 0.5) is 0 Å². The van der Waals surface area contributed by atoms with Crippen LogP contribution in [0.2, 0.25) is 0 Å². The van der Waals surface area contributed by atoms with E-state index in [2.05, 4.69) is 23.2 Å². The lowest BCUT2D eigenvalue weighted by Gasteiger charge is -2.03. The number of aryl methyl sites for hydroxylation is 1. The van der Waals surface area contributed by atoms with Gasteiger partial charge in [0.15, 0.2) is 0 Å². The second-order valence-corrected chi connectivity index (χ2v) is 3.85. The smallest absolute Gasteiger partial charge is 0.0926 e. The van der Waals surface area contributed by atoms with Crippen LogP contribution in [0.25, 0.3) is 10.9 Å². The van der Waals surface area contributed by atoms with Crippen molar-refractivity contribution < 1.29 is 0 Å². The highest BCUT2D eigenvalue weighted by Gasteiger charge is 2.08. The molecule has 0 aliphatic heterocycles. The summed E-state index contributed by atoms with van der Waals surface area (Å²) in [5.74, 6) is 0. The first kappa shape index (κ1) is 9.21. The maximum absolute atomic E-state index is 5.78. The Labute approximate surface area is 83.3 Å². The number of nitrogens with zero attached hydrogens (tertiary/aromatic N) is 1. The van der Waals surface area contributed by atoms with Crippen molar-refractivity contribution in [3.05, 3.63) is 29.5 Å². The fourth-order valence-corrected chi connectivity index (χ4v) is 1.79. The third kappa shape index (κ3) is 1.51. The Morgan fingerprint density at radius 3 is 3.00 bits per heavy atom. The van der Waals surface area contributed by atoms with E-state index >= 15 is 0 Å². The highest BCUT2D eigenvalue weighted by Crippen LogP contribution is 2.20. The average molecular weight is 189 g/mol. The van der Waals surface area contributed by atoms with Crippen LogP contribution in [0.5, 0.6) is 0 Å². The Morgan fingerprint density at radius 1 is 1.50 bits per heavy atom. The van der Waals surface area contributed by atoms with Crippen LogP contribution in [-0.4, -0.2) is 16.2 Å². The second-order valence-electron chi connectivity index (χ2n) is 3.85. The minimum absolute atomic E-state index is 0.165. The maximum Gasteiger partial charge on any atom is 0.0926 e. The summed E-state index contributed by atoms with van der Waals surface area (Å²) in [6.07, 6.45) is 0.849. The summed E-state index contributed by atoms with van der Waals surface area (Å²) in [7, 11) is 0. The Balaban J connectivity index is 2.55. The largest absolute Gasteiger partial charge is 0.328 e. The SMILES string of the molecule is Cc1cccc2n[nH]c(CC(C)N)c12. The molecule has 0 aliphatic rings. The van der Waals surface area contributed by atoms with Gasteiger partial charge in [-0.05, 0) is 25.5 Å². The molecule has 0 saturated carbocycles. The zero-order valence-corrected chi connectivity index (χ0v) is 8.54. The lowest BCUT2D eigenvalue weighted by Crippen LogP contribution is -2.18. The Hall–Kier alpha value is -1.35. The van der Waals surface area contributed by atoms with E-state index in [1.165, 1.54) is 10.9 Å². The number of nitrogens with two attached hydrogens (primary N) is 1. The molecule has 0 radical (unpaired) electrons. The summed E-state index contributed by atoms with van der Waals surface area (Å²) in [6.45, 7) is 4.10. The number of nitrogens with one attached hydrogen (secondary N) is 1. The summed E-state index contributed by atoms with van der Waals surface area (Å²) >= 11 is 0. The van der Waals surface area contributed by atoms with Crippen molar-refractivity contribution in [2.24, 2.45) is 5.73 Å². The molecule has 3 nitrogen and oxygen atoms in total. The van der Waals surface area contributed by atoms with Gasteiger partial charge in [-0.3, -0.25) is 5.10 Å². The number of rotatable bonds is 2. The third-order valence-corrected chi connectivity index (χ3v) is 2.39. The molecule has 3 heteroatoms. The molecule has 0 spiro atoms. The number of hydrogen-bond donors (Lipinski definition) is 2. The fraction of sp³-hybridized carbons (Fsp3) is 0.364. The van der Waals surface area contributed by atoms with Gasteiger partial charge < -0.3 is 5.73 Å². The van der Waals surface area contributed by atoms with E-state index in [-0.39, 0.29) is 6.04 Å². The van der Waals surface area contributed by atoms with Crippen molar-refractivity contribution in [3.63, 3.8) is 0 Å². The van der Waals surface area contributed by atoms with Crippen LogP contribution in [0.1, 0.15) is 18.2 Å². The molecule has 0 fully saturated rings. The molecule has 1 aromatic carbocycles. The van der Waals surface area contributed by atoms with Crippen LogP contribution in [-0.2, 0) is 6.42 Å². The van der Waals surface area contributed by atoms with Crippen LogP contribution < -0.4 is 5.73 Å². The van der Waals surface area contributed by atoms with Gasteiger partial charge in [-0.25, -0.2) is 0 Å². The highest BCUT2D eigenvalue weighted by molar-refractivity contribution is 5.84. The van der Waals surface area contributed by atoms with Crippen molar-refractivity contribution in [2.45, 2.75) is 26.3 Å². The monoisotopic (exact) mass is 189 g/mol. The molecule has 3 N–H and O–H groups in total. The van der Waals surface area contributed by atoms with Crippen molar-refractivity contribution in [2.75, 3.05) is 0 Å². The van der Waals surface area contributed by atoms with Gasteiger partial charge in [-0.1, -0.05) is 12.1 Å². The topological polar surface area (TPSA) is 54.7 Å². The molecule has 1 aromatic heterocycles. The van der Waals surface area contributed by atoms with Gasteiger partial charge in [0.2, 0.25) is 0 Å². The number of benzene rings is 1. The van der Waals surface area contributed by atoms with Crippen LogP contribution in [0, 0.1) is 6.92 Å². The van der Waals surface area contributed by atoms with Gasteiger partial charge in [-0.2, -0.15) is 5.10 Å². The molecule has 1 atom stereocenters. The van der Waals surface area contributed by atoms with E-state index in [0.29, 0.717) is 0 Å². The lowest BCUT2D eigenvalue weighted by atomic mass is 10.1. The van der Waals surface area contributed by atoms with Gasteiger partial charge in [0.05, 0.1) is 5.52 Å². The summed E-state index contributed by atoms with van der Waals surface area (Å²) in [5.41, 5.74) is 9.21. The summed E-state index contributed by atoms with van der Waals surface area (Å²) in [4.78, 5) is 0. The summed E-state index contributed by atoms with van der Waals surface area (Å²) in [6, 6.07) is 6.30. The maximum atomic E-state index is 5.78. The standard InChI is InChI=1S/C11H15N3/c1-7-4-3-5-9-11(7)10(14-13-9)6-8(2)12/h3-5,8H,6,12H2,1-2H3,(H,13,14). The molecule has 0 amide bonds. The van der Waals surface area contributed by atoms with Gasteiger partial charge >= 0.3 is 0 Å². The molecule has 2 rings (SSSR count). The van der Waals surface area contributed by atoms with E-state index in [1.807, 2.05) is 19.1 Å². The molecule has 14 heavy (non-hydrogen) atoms. The minimum atomic E-state index is 0.165. The minimum Gasteiger partial charge on any atom is -0.328 e. The van der Waals surface area contributed by atoms with Gasteiger partial charge in [0.1, 0.15) is 0 Å². The van der Waals surface area contributed by atoms with Crippen molar-refractivity contribution in [1.82, 2.24) is 10.2 Å². The summed E-state index contributed by atoms with van der Waals surface area (Å²) < 4.78 is 0. The number of fused-ring (bicyclic) bond motifs is 1. The average Bonchev–Trinajstić information content (AvgIpc) is 2.49. The predicted octanol–water partition coefficient (Wildman–Crippen LogP) is 1.76. The van der Waals surface area contributed by atoms with E-state index in [0.717, 1.165) is 17.6 Å². The Bertz CT molecular complexity index is 443.